The molecule has 0 fully saturated rings. The van der Waals surface area contributed by atoms with Crippen molar-refractivity contribution < 1.29 is 13.9 Å². The van der Waals surface area contributed by atoms with E-state index in [9.17, 15) is 9.18 Å². The quantitative estimate of drug-likeness (QED) is 0.282. The molecule has 0 unspecified atom stereocenters. The lowest BCUT2D eigenvalue weighted by Gasteiger charge is -2.11. The van der Waals surface area contributed by atoms with E-state index in [-0.39, 0.29) is 11.5 Å². The van der Waals surface area contributed by atoms with Crippen molar-refractivity contribution in [3.63, 3.8) is 0 Å². The third-order valence-corrected chi connectivity index (χ3v) is 5.85. The second-order valence-corrected chi connectivity index (χ2v) is 8.67. The van der Waals surface area contributed by atoms with E-state index < -0.39 is 5.91 Å². The summed E-state index contributed by atoms with van der Waals surface area (Å²) in [5.41, 5.74) is 3.23. The molecule has 0 atom stereocenters. The molecule has 4 rings (SSSR count). The Hall–Kier alpha value is -3.50. The van der Waals surface area contributed by atoms with Crippen LogP contribution < -0.4 is 10.1 Å². The first-order chi connectivity index (χ1) is 16.3. The van der Waals surface area contributed by atoms with Crippen LogP contribution in [0, 0.1) is 19.7 Å². The van der Waals surface area contributed by atoms with E-state index in [1.807, 2.05) is 19.9 Å². The van der Waals surface area contributed by atoms with Crippen LogP contribution in [0.2, 0.25) is 5.02 Å². The number of aryl methyl sites for hydroxylation is 2. The first kappa shape index (κ1) is 23.7. The van der Waals surface area contributed by atoms with Crippen LogP contribution in [0.15, 0.2) is 53.7 Å². The van der Waals surface area contributed by atoms with Crippen molar-refractivity contribution in [1.82, 2.24) is 25.0 Å². The Labute approximate surface area is 204 Å². The molecule has 1 N–H and O–H groups in total. The van der Waals surface area contributed by atoms with Crippen LogP contribution in [0.5, 0.6) is 5.75 Å². The number of hydrogen-bond acceptors (Lipinski definition) is 7. The van der Waals surface area contributed by atoms with Gasteiger partial charge in [-0.25, -0.2) is 19.0 Å². The fourth-order valence-corrected chi connectivity index (χ4v) is 4.36. The molecule has 0 saturated carbocycles. The van der Waals surface area contributed by atoms with Gasteiger partial charge in [0.15, 0.2) is 10.9 Å². The molecule has 1 amide bonds. The number of aromatic nitrogens is 5. The number of nitrogens with one attached hydrogen (secondary N) is 1. The van der Waals surface area contributed by atoms with Crippen LogP contribution in [0.3, 0.4) is 0 Å². The molecule has 2 heterocycles. The second-order valence-electron chi connectivity index (χ2n) is 7.29. The van der Waals surface area contributed by atoms with E-state index in [0.717, 1.165) is 11.4 Å². The number of hydrogen-bond donors (Lipinski definition) is 1. The molecule has 34 heavy (non-hydrogen) atoms. The number of carbonyl (C=O) groups excluding carboxylic acids is 1. The Morgan fingerprint density at radius 3 is 2.50 bits per heavy atom. The van der Waals surface area contributed by atoms with Crippen LogP contribution in [-0.4, -0.2) is 38.0 Å². The van der Waals surface area contributed by atoms with Crippen molar-refractivity contribution >= 4 is 35.0 Å². The minimum absolute atomic E-state index is 0.100. The number of halogens is 2. The topological polar surface area (TPSA) is 94.8 Å². The largest absolute Gasteiger partial charge is 0.495 e. The van der Waals surface area contributed by atoms with E-state index in [0.29, 0.717) is 38.8 Å². The van der Waals surface area contributed by atoms with E-state index in [4.69, 9.17) is 16.3 Å². The highest BCUT2D eigenvalue weighted by Gasteiger charge is 2.23. The highest BCUT2D eigenvalue weighted by molar-refractivity contribution is 7.98. The molecule has 0 aliphatic rings. The zero-order valence-electron chi connectivity index (χ0n) is 18.5. The van der Waals surface area contributed by atoms with Crippen molar-refractivity contribution in [2.75, 3.05) is 12.4 Å². The number of thioether (sulfide) groups is 1. The molecular formula is C23H20ClFN6O2S. The van der Waals surface area contributed by atoms with Crippen molar-refractivity contribution in [2.24, 2.45) is 0 Å². The number of ether oxygens (including phenoxy) is 1. The molecule has 0 saturated heterocycles. The van der Waals surface area contributed by atoms with E-state index >= 15 is 0 Å². The Morgan fingerprint density at radius 2 is 1.82 bits per heavy atom. The zero-order valence-corrected chi connectivity index (χ0v) is 20.1. The average Bonchev–Trinajstić information content (AvgIpc) is 3.22. The van der Waals surface area contributed by atoms with Crippen LogP contribution in [0.4, 0.5) is 10.1 Å². The normalized spacial score (nSPS) is 10.9. The van der Waals surface area contributed by atoms with Crippen LogP contribution in [0.1, 0.15) is 27.6 Å². The molecule has 174 valence electrons. The summed E-state index contributed by atoms with van der Waals surface area (Å²) >= 11 is 7.43. The van der Waals surface area contributed by atoms with Crippen molar-refractivity contribution in [1.29, 1.82) is 0 Å². The van der Waals surface area contributed by atoms with Crippen LogP contribution >= 0.6 is 23.4 Å². The number of benzene rings is 2. The van der Waals surface area contributed by atoms with Crippen molar-refractivity contribution in [2.45, 2.75) is 24.8 Å². The van der Waals surface area contributed by atoms with Gasteiger partial charge >= 0.3 is 0 Å². The van der Waals surface area contributed by atoms with Gasteiger partial charge in [-0.05, 0) is 62.4 Å². The molecule has 4 aromatic rings. The van der Waals surface area contributed by atoms with Gasteiger partial charge in [-0.3, -0.25) is 4.79 Å². The summed E-state index contributed by atoms with van der Waals surface area (Å²) in [4.78, 5) is 22.1. The molecule has 0 spiro atoms. The summed E-state index contributed by atoms with van der Waals surface area (Å²) in [5.74, 6) is -0.133. The van der Waals surface area contributed by atoms with Gasteiger partial charge in [0.1, 0.15) is 11.6 Å². The Bertz CT molecular complexity index is 1330. The first-order valence-corrected chi connectivity index (χ1v) is 11.5. The minimum atomic E-state index is -0.495. The Morgan fingerprint density at radius 1 is 1.12 bits per heavy atom. The summed E-state index contributed by atoms with van der Waals surface area (Å²) < 4.78 is 20.3. The van der Waals surface area contributed by atoms with Crippen LogP contribution in [-0.2, 0) is 5.75 Å². The van der Waals surface area contributed by atoms with Gasteiger partial charge in [-0.15, -0.1) is 5.10 Å². The number of rotatable bonds is 7. The lowest BCUT2D eigenvalue weighted by atomic mass is 10.2. The number of amides is 1. The van der Waals surface area contributed by atoms with Gasteiger partial charge in [0, 0.05) is 22.2 Å². The Balaban J connectivity index is 1.69. The fraction of sp³-hybridized carbons (Fsp3) is 0.174. The van der Waals surface area contributed by atoms with Crippen molar-refractivity contribution in [3.8, 4) is 11.4 Å². The SMILES string of the molecule is COc1ccc(Cl)cc1NC(=O)c1nnn(-c2ccc(F)cc2)c1CSc1nc(C)cc(C)n1. The highest BCUT2D eigenvalue weighted by atomic mass is 35.5. The first-order valence-electron chi connectivity index (χ1n) is 10.1. The summed E-state index contributed by atoms with van der Waals surface area (Å²) in [7, 11) is 1.50. The lowest BCUT2D eigenvalue weighted by Crippen LogP contribution is -2.16. The smallest absolute Gasteiger partial charge is 0.278 e. The zero-order chi connectivity index (χ0) is 24.2. The third kappa shape index (κ3) is 5.35. The molecular weight excluding hydrogens is 479 g/mol. The predicted octanol–water partition coefficient (Wildman–Crippen LogP) is 5.02. The molecule has 2 aromatic heterocycles. The average molecular weight is 499 g/mol. The minimum Gasteiger partial charge on any atom is -0.495 e. The maximum atomic E-state index is 13.5. The molecule has 0 aliphatic carbocycles. The van der Waals surface area contributed by atoms with E-state index in [2.05, 4.69) is 25.6 Å². The number of nitrogens with zero attached hydrogens (tertiary/aromatic N) is 5. The molecule has 0 bridgehead atoms. The van der Waals surface area contributed by atoms with E-state index in [1.165, 1.54) is 35.7 Å². The molecule has 0 radical (unpaired) electrons. The molecule has 8 nitrogen and oxygen atoms in total. The molecule has 0 aliphatic heterocycles. The number of anilines is 1. The van der Waals surface area contributed by atoms with Crippen molar-refractivity contribution in [3.05, 3.63) is 82.1 Å². The van der Waals surface area contributed by atoms with Gasteiger partial charge in [-0.2, -0.15) is 0 Å². The van der Waals surface area contributed by atoms with Gasteiger partial charge < -0.3 is 10.1 Å². The summed E-state index contributed by atoms with van der Waals surface area (Å²) in [6.45, 7) is 3.78. The van der Waals surface area contributed by atoms with Gasteiger partial charge in [-0.1, -0.05) is 28.6 Å². The summed E-state index contributed by atoms with van der Waals surface area (Å²) in [5, 5.41) is 12.1. The van der Waals surface area contributed by atoms with Gasteiger partial charge in [0.2, 0.25) is 0 Å². The number of carbonyl (C=O) groups is 1. The third-order valence-electron chi connectivity index (χ3n) is 4.76. The highest BCUT2D eigenvalue weighted by Crippen LogP contribution is 2.29. The summed E-state index contributed by atoms with van der Waals surface area (Å²) in [6, 6.07) is 12.5. The van der Waals surface area contributed by atoms with E-state index in [1.54, 1.807) is 30.3 Å². The van der Waals surface area contributed by atoms with Crippen LogP contribution in [0.25, 0.3) is 5.69 Å². The predicted molar refractivity (Wildman–Crippen MR) is 128 cm³/mol. The monoisotopic (exact) mass is 498 g/mol. The Kier molecular flexibility index (Phi) is 7.09. The second kappa shape index (κ2) is 10.2. The maximum Gasteiger partial charge on any atom is 0.278 e. The lowest BCUT2D eigenvalue weighted by molar-refractivity contribution is 0.102. The summed E-state index contributed by atoms with van der Waals surface area (Å²) in [6.07, 6.45) is 0. The molecule has 2 aromatic carbocycles. The number of methoxy groups -OCH3 is 1. The standard InChI is InChI=1S/C23H20ClFN6O2S/c1-13-10-14(2)27-23(26-13)34-12-19-21(29-30-31(19)17-7-5-16(25)6-8-17)22(32)28-18-11-15(24)4-9-20(18)33-3/h4-11H,12H2,1-3H3,(H,28,32). The maximum absolute atomic E-state index is 13.5. The van der Waals surface area contributed by atoms with Gasteiger partial charge in [0.25, 0.3) is 5.91 Å². The fourth-order valence-electron chi connectivity index (χ4n) is 3.25. The van der Waals surface area contributed by atoms with Gasteiger partial charge in [0.05, 0.1) is 24.2 Å². The molecule has 11 heteroatoms.